The molecule has 1 unspecified atom stereocenters. The van der Waals surface area contributed by atoms with E-state index in [1.165, 1.54) is 12.1 Å². The number of carbonyl (C=O) groups excluding carboxylic acids is 2. The van der Waals surface area contributed by atoms with E-state index in [1.54, 1.807) is 17.0 Å². The molecule has 1 atom stereocenters. The molecule has 0 radical (unpaired) electrons. The molecule has 2 heterocycles. The highest BCUT2D eigenvalue weighted by atomic mass is 19.1. The molecule has 7 heteroatoms. The molecule has 4 rings (SSSR count). The van der Waals surface area contributed by atoms with E-state index >= 15 is 0 Å². The van der Waals surface area contributed by atoms with Crippen LogP contribution >= 0.6 is 0 Å². The Kier molecular flexibility index (Phi) is 5.99. The van der Waals surface area contributed by atoms with Crippen LogP contribution in [-0.4, -0.2) is 55.5 Å². The first-order valence-electron chi connectivity index (χ1n) is 10.5. The predicted octanol–water partition coefficient (Wildman–Crippen LogP) is 3.10. The highest BCUT2D eigenvalue weighted by molar-refractivity contribution is 5.98. The monoisotopic (exact) mass is 410 g/mol. The average Bonchev–Trinajstić information content (AvgIpc) is 3.20. The second kappa shape index (κ2) is 8.83. The number of hydrogen-bond acceptors (Lipinski definition) is 4. The Balaban J connectivity index is 1.33. The van der Waals surface area contributed by atoms with Crippen LogP contribution < -0.4 is 15.1 Å². The molecule has 2 aromatic carbocycles. The molecule has 0 aromatic heterocycles. The molecule has 0 aliphatic carbocycles. The fourth-order valence-corrected chi connectivity index (χ4v) is 4.10. The molecule has 1 N–H and O–H groups in total. The SMILES string of the molecule is CC(C(=O)Nc1cccc(N2CCCC2=O)c1)N1CCN(c2ccc(F)cc2)CC1. The van der Waals surface area contributed by atoms with E-state index in [1.807, 2.05) is 31.2 Å². The molecule has 2 aromatic rings. The zero-order valence-electron chi connectivity index (χ0n) is 17.2. The van der Waals surface area contributed by atoms with Crippen molar-refractivity contribution in [2.75, 3.05) is 47.8 Å². The third-order valence-corrected chi connectivity index (χ3v) is 5.93. The maximum Gasteiger partial charge on any atom is 0.241 e. The van der Waals surface area contributed by atoms with Gasteiger partial charge < -0.3 is 15.1 Å². The Morgan fingerprint density at radius 2 is 1.73 bits per heavy atom. The molecule has 30 heavy (non-hydrogen) atoms. The normalized spacial score (nSPS) is 18.5. The van der Waals surface area contributed by atoms with Gasteiger partial charge in [0.2, 0.25) is 11.8 Å². The number of carbonyl (C=O) groups is 2. The first-order valence-corrected chi connectivity index (χ1v) is 10.5. The number of rotatable bonds is 5. The highest BCUT2D eigenvalue weighted by Crippen LogP contribution is 2.24. The molecular weight excluding hydrogens is 383 g/mol. The lowest BCUT2D eigenvalue weighted by atomic mass is 10.2. The molecule has 158 valence electrons. The molecule has 2 amide bonds. The topological polar surface area (TPSA) is 55.9 Å². The Morgan fingerprint density at radius 3 is 2.40 bits per heavy atom. The van der Waals surface area contributed by atoms with Gasteiger partial charge in [0.1, 0.15) is 5.82 Å². The smallest absolute Gasteiger partial charge is 0.241 e. The lowest BCUT2D eigenvalue weighted by molar-refractivity contribution is -0.121. The maximum atomic E-state index is 13.1. The van der Waals surface area contributed by atoms with Gasteiger partial charge in [-0.1, -0.05) is 6.07 Å². The first-order chi connectivity index (χ1) is 14.5. The third-order valence-electron chi connectivity index (χ3n) is 5.93. The Bertz CT molecular complexity index is 910. The summed E-state index contributed by atoms with van der Waals surface area (Å²) < 4.78 is 13.1. The van der Waals surface area contributed by atoms with Crippen LogP contribution in [0.15, 0.2) is 48.5 Å². The van der Waals surface area contributed by atoms with Gasteiger partial charge in [-0.3, -0.25) is 14.5 Å². The second-order valence-corrected chi connectivity index (χ2v) is 7.86. The number of anilines is 3. The number of halogens is 1. The Morgan fingerprint density at radius 1 is 1.00 bits per heavy atom. The van der Waals surface area contributed by atoms with E-state index in [0.29, 0.717) is 12.1 Å². The van der Waals surface area contributed by atoms with Crippen molar-refractivity contribution in [3.05, 3.63) is 54.3 Å². The van der Waals surface area contributed by atoms with Crippen LogP contribution in [0.2, 0.25) is 0 Å². The summed E-state index contributed by atoms with van der Waals surface area (Å²) in [5, 5.41) is 2.99. The van der Waals surface area contributed by atoms with Crippen molar-refractivity contribution >= 4 is 28.9 Å². The molecule has 0 saturated carbocycles. The van der Waals surface area contributed by atoms with E-state index in [9.17, 15) is 14.0 Å². The standard InChI is InChI=1S/C23H27FN4O2/c1-17(26-12-14-27(15-13-26)20-9-7-18(24)8-10-20)23(30)25-19-4-2-5-21(16-19)28-11-3-6-22(28)29/h2,4-5,7-10,16-17H,3,6,11-15H2,1H3,(H,25,30). The van der Waals surface area contributed by atoms with Crippen molar-refractivity contribution in [1.82, 2.24) is 4.90 Å². The van der Waals surface area contributed by atoms with Crippen LogP contribution in [0.3, 0.4) is 0 Å². The number of hydrogen-bond donors (Lipinski definition) is 1. The average molecular weight is 410 g/mol. The summed E-state index contributed by atoms with van der Waals surface area (Å²) in [6, 6.07) is 13.7. The van der Waals surface area contributed by atoms with Gasteiger partial charge in [0.15, 0.2) is 0 Å². The van der Waals surface area contributed by atoms with Gasteiger partial charge >= 0.3 is 0 Å². The van der Waals surface area contributed by atoms with Crippen molar-refractivity contribution in [3.8, 4) is 0 Å². The summed E-state index contributed by atoms with van der Waals surface area (Å²) in [5.74, 6) is -0.165. The summed E-state index contributed by atoms with van der Waals surface area (Å²) in [6.45, 7) is 5.73. The van der Waals surface area contributed by atoms with Gasteiger partial charge in [0.05, 0.1) is 6.04 Å². The number of benzene rings is 2. The highest BCUT2D eigenvalue weighted by Gasteiger charge is 2.26. The van der Waals surface area contributed by atoms with Gasteiger partial charge in [-0.05, 0) is 55.8 Å². The van der Waals surface area contributed by atoms with Gasteiger partial charge in [0, 0.05) is 56.2 Å². The molecular formula is C23H27FN4O2. The lowest BCUT2D eigenvalue weighted by Crippen LogP contribution is -2.52. The van der Waals surface area contributed by atoms with Gasteiger partial charge in [0.25, 0.3) is 0 Å². The minimum atomic E-state index is -0.266. The van der Waals surface area contributed by atoms with Crippen LogP contribution in [0.5, 0.6) is 0 Å². The van der Waals surface area contributed by atoms with Gasteiger partial charge in [-0.25, -0.2) is 4.39 Å². The second-order valence-electron chi connectivity index (χ2n) is 7.86. The number of amides is 2. The summed E-state index contributed by atoms with van der Waals surface area (Å²) in [7, 11) is 0. The van der Waals surface area contributed by atoms with Crippen molar-refractivity contribution in [2.45, 2.75) is 25.8 Å². The minimum Gasteiger partial charge on any atom is -0.369 e. The van der Waals surface area contributed by atoms with E-state index in [2.05, 4.69) is 15.1 Å². The van der Waals surface area contributed by atoms with E-state index in [4.69, 9.17) is 0 Å². The predicted molar refractivity (Wildman–Crippen MR) is 116 cm³/mol. The summed E-state index contributed by atoms with van der Waals surface area (Å²) in [5.41, 5.74) is 2.53. The first kappa shape index (κ1) is 20.3. The molecule has 2 fully saturated rings. The minimum absolute atomic E-state index is 0.0601. The van der Waals surface area contributed by atoms with Gasteiger partial charge in [-0.15, -0.1) is 0 Å². The molecule has 2 aliphatic rings. The van der Waals surface area contributed by atoms with Gasteiger partial charge in [-0.2, -0.15) is 0 Å². The van der Waals surface area contributed by atoms with Crippen molar-refractivity contribution in [2.24, 2.45) is 0 Å². The number of nitrogens with one attached hydrogen (secondary N) is 1. The van der Waals surface area contributed by atoms with E-state index in [0.717, 1.165) is 50.5 Å². The molecule has 2 saturated heterocycles. The summed E-state index contributed by atoms with van der Waals surface area (Å²) in [4.78, 5) is 30.9. The summed E-state index contributed by atoms with van der Waals surface area (Å²) >= 11 is 0. The van der Waals surface area contributed by atoms with Crippen LogP contribution in [0, 0.1) is 5.82 Å². The van der Waals surface area contributed by atoms with Crippen LogP contribution in [0.4, 0.5) is 21.5 Å². The largest absolute Gasteiger partial charge is 0.369 e. The molecule has 2 aliphatic heterocycles. The zero-order chi connectivity index (χ0) is 21.1. The molecule has 0 spiro atoms. The van der Waals surface area contributed by atoms with E-state index in [-0.39, 0.29) is 23.7 Å². The van der Waals surface area contributed by atoms with Crippen LogP contribution in [-0.2, 0) is 9.59 Å². The van der Waals surface area contributed by atoms with Crippen LogP contribution in [0.25, 0.3) is 0 Å². The third kappa shape index (κ3) is 4.46. The van der Waals surface area contributed by atoms with Crippen molar-refractivity contribution in [1.29, 1.82) is 0 Å². The van der Waals surface area contributed by atoms with Crippen molar-refractivity contribution < 1.29 is 14.0 Å². The summed E-state index contributed by atoms with van der Waals surface area (Å²) in [6.07, 6.45) is 1.45. The maximum absolute atomic E-state index is 13.1. The Labute approximate surface area is 176 Å². The molecule has 6 nitrogen and oxygen atoms in total. The quantitative estimate of drug-likeness (QED) is 0.823. The fourth-order valence-electron chi connectivity index (χ4n) is 4.10. The number of nitrogens with zero attached hydrogens (tertiary/aromatic N) is 3. The zero-order valence-corrected chi connectivity index (χ0v) is 17.2. The number of piperazine rings is 1. The van der Waals surface area contributed by atoms with Crippen molar-refractivity contribution in [3.63, 3.8) is 0 Å². The Hall–Kier alpha value is -2.93. The van der Waals surface area contributed by atoms with E-state index < -0.39 is 0 Å². The van der Waals surface area contributed by atoms with Crippen LogP contribution in [0.1, 0.15) is 19.8 Å². The fraction of sp³-hybridized carbons (Fsp3) is 0.391. The lowest BCUT2D eigenvalue weighted by Gasteiger charge is -2.38. The molecule has 0 bridgehead atoms.